The van der Waals surface area contributed by atoms with E-state index in [1.165, 1.54) is 22.5 Å². The minimum atomic E-state index is -0.0349. The topological polar surface area (TPSA) is 66.2 Å². The van der Waals surface area contributed by atoms with Crippen LogP contribution in [0.15, 0.2) is 55.0 Å². The van der Waals surface area contributed by atoms with Crippen LogP contribution in [0.3, 0.4) is 0 Å². The average Bonchev–Trinajstić information content (AvgIpc) is 3.24. The number of aromatic nitrogens is 3. The Morgan fingerprint density at radius 1 is 1.13 bits per heavy atom. The second kappa shape index (κ2) is 8.93. The number of nitrogens with one attached hydrogen (secondary N) is 1. The van der Waals surface area contributed by atoms with Crippen LogP contribution in [0.25, 0.3) is 0 Å². The van der Waals surface area contributed by atoms with Crippen LogP contribution >= 0.6 is 12.2 Å². The summed E-state index contributed by atoms with van der Waals surface area (Å²) in [4.78, 5) is 10.9. The van der Waals surface area contributed by atoms with E-state index >= 15 is 0 Å². The van der Waals surface area contributed by atoms with Crippen LogP contribution in [-0.2, 0) is 6.54 Å². The van der Waals surface area contributed by atoms with Crippen LogP contribution in [0.2, 0.25) is 0 Å². The van der Waals surface area contributed by atoms with Gasteiger partial charge in [-0.1, -0.05) is 6.07 Å². The standard InChI is InChI=1S/C23H27N5OS/c1-16-14-19(17(2)28(16)15-18-7-10-24-11-8-18)22-21(20-6-3-4-9-25-20)26-23(30)27(22)12-5-13-29/h3-4,6-11,14,21-22,29H,5,12-13,15H2,1-2H3,(H,26,30)/t21-,22-/m1/s1. The summed E-state index contributed by atoms with van der Waals surface area (Å²) in [5.41, 5.74) is 5.85. The normalized spacial score (nSPS) is 18.6. The summed E-state index contributed by atoms with van der Waals surface area (Å²) >= 11 is 5.69. The monoisotopic (exact) mass is 421 g/mol. The highest BCUT2D eigenvalue weighted by molar-refractivity contribution is 7.80. The molecule has 2 N–H and O–H groups in total. The number of thiocarbonyl (C=S) groups is 1. The van der Waals surface area contributed by atoms with E-state index in [-0.39, 0.29) is 18.7 Å². The van der Waals surface area contributed by atoms with Crippen molar-refractivity contribution in [1.82, 2.24) is 24.8 Å². The van der Waals surface area contributed by atoms with Crippen molar-refractivity contribution in [1.29, 1.82) is 0 Å². The van der Waals surface area contributed by atoms with Gasteiger partial charge in [-0.15, -0.1) is 0 Å². The molecule has 0 aliphatic carbocycles. The summed E-state index contributed by atoms with van der Waals surface area (Å²) in [5, 5.41) is 13.6. The van der Waals surface area contributed by atoms with Crippen molar-refractivity contribution in [3.05, 3.63) is 83.2 Å². The van der Waals surface area contributed by atoms with Crippen molar-refractivity contribution in [2.24, 2.45) is 0 Å². The van der Waals surface area contributed by atoms with Crippen LogP contribution in [0.4, 0.5) is 0 Å². The lowest BCUT2D eigenvalue weighted by atomic mass is 9.96. The van der Waals surface area contributed by atoms with E-state index < -0.39 is 0 Å². The van der Waals surface area contributed by atoms with Crippen molar-refractivity contribution < 1.29 is 5.11 Å². The molecule has 1 fully saturated rings. The zero-order valence-electron chi connectivity index (χ0n) is 17.3. The van der Waals surface area contributed by atoms with E-state index in [9.17, 15) is 5.11 Å². The molecule has 0 aromatic carbocycles. The molecule has 2 atom stereocenters. The fourth-order valence-electron chi connectivity index (χ4n) is 4.27. The molecule has 0 radical (unpaired) electrons. The third-order valence-corrected chi connectivity index (χ3v) is 6.13. The van der Waals surface area contributed by atoms with E-state index in [0.717, 1.165) is 12.2 Å². The van der Waals surface area contributed by atoms with Crippen LogP contribution in [0, 0.1) is 13.8 Å². The molecular formula is C23H27N5OS. The first-order valence-corrected chi connectivity index (χ1v) is 10.7. The highest BCUT2D eigenvalue weighted by atomic mass is 32.1. The molecule has 0 amide bonds. The first-order valence-electron chi connectivity index (χ1n) is 10.2. The Hall–Kier alpha value is -2.77. The summed E-state index contributed by atoms with van der Waals surface area (Å²) in [6, 6.07) is 12.3. The molecule has 1 aliphatic rings. The first-order chi connectivity index (χ1) is 14.6. The van der Waals surface area contributed by atoms with E-state index in [4.69, 9.17) is 12.2 Å². The second-order valence-corrected chi connectivity index (χ2v) is 8.05. The Morgan fingerprint density at radius 3 is 2.63 bits per heavy atom. The Balaban J connectivity index is 1.74. The molecular weight excluding hydrogens is 394 g/mol. The molecule has 1 saturated heterocycles. The van der Waals surface area contributed by atoms with Gasteiger partial charge in [0.2, 0.25) is 0 Å². The number of pyridine rings is 2. The number of aliphatic hydroxyl groups excluding tert-OH is 1. The van der Waals surface area contributed by atoms with Gasteiger partial charge in [0.15, 0.2) is 5.11 Å². The SMILES string of the molecule is Cc1cc([C@@H]2[C@@H](c3ccccn3)NC(=S)N2CCCO)c(C)n1Cc1ccncc1. The van der Waals surface area contributed by atoms with Gasteiger partial charge in [-0.3, -0.25) is 9.97 Å². The zero-order valence-corrected chi connectivity index (χ0v) is 18.1. The number of hydrogen-bond acceptors (Lipinski definition) is 4. The van der Waals surface area contributed by atoms with Gasteiger partial charge in [0, 0.05) is 49.7 Å². The Kier molecular flexibility index (Phi) is 6.11. The van der Waals surface area contributed by atoms with E-state index in [0.29, 0.717) is 18.1 Å². The molecule has 0 unspecified atom stereocenters. The van der Waals surface area contributed by atoms with Gasteiger partial charge in [0.05, 0.1) is 17.8 Å². The van der Waals surface area contributed by atoms with Gasteiger partial charge in [0.25, 0.3) is 0 Å². The molecule has 6 nitrogen and oxygen atoms in total. The van der Waals surface area contributed by atoms with Crippen LogP contribution in [-0.4, -0.2) is 42.8 Å². The van der Waals surface area contributed by atoms with Crippen molar-refractivity contribution in [2.45, 2.75) is 38.9 Å². The molecule has 4 heterocycles. The molecule has 4 rings (SSSR count). The second-order valence-electron chi connectivity index (χ2n) is 7.67. The van der Waals surface area contributed by atoms with Crippen molar-refractivity contribution in [3.63, 3.8) is 0 Å². The maximum atomic E-state index is 9.41. The molecule has 30 heavy (non-hydrogen) atoms. The maximum absolute atomic E-state index is 9.41. The lowest BCUT2D eigenvalue weighted by Gasteiger charge is -2.28. The van der Waals surface area contributed by atoms with Crippen molar-refractivity contribution in [3.8, 4) is 0 Å². The van der Waals surface area contributed by atoms with Gasteiger partial charge in [0.1, 0.15) is 0 Å². The lowest BCUT2D eigenvalue weighted by Crippen LogP contribution is -2.31. The number of hydrogen-bond donors (Lipinski definition) is 2. The average molecular weight is 422 g/mol. The van der Waals surface area contributed by atoms with Gasteiger partial charge >= 0.3 is 0 Å². The molecule has 7 heteroatoms. The third kappa shape index (κ3) is 3.95. The lowest BCUT2D eigenvalue weighted by molar-refractivity contribution is 0.247. The summed E-state index contributed by atoms with van der Waals surface area (Å²) < 4.78 is 2.34. The highest BCUT2D eigenvalue weighted by Crippen LogP contribution is 2.40. The quantitative estimate of drug-likeness (QED) is 0.571. The molecule has 156 valence electrons. The van der Waals surface area contributed by atoms with Crippen molar-refractivity contribution >= 4 is 17.3 Å². The van der Waals surface area contributed by atoms with Crippen LogP contribution in [0.5, 0.6) is 0 Å². The summed E-state index contributed by atoms with van der Waals surface area (Å²) in [7, 11) is 0. The fraction of sp³-hybridized carbons (Fsp3) is 0.348. The molecule has 1 aliphatic heterocycles. The largest absolute Gasteiger partial charge is 0.396 e. The number of nitrogens with zero attached hydrogens (tertiary/aromatic N) is 4. The van der Waals surface area contributed by atoms with Gasteiger partial charge < -0.3 is 19.9 Å². The van der Waals surface area contributed by atoms with Crippen LogP contribution in [0.1, 0.15) is 46.7 Å². The number of aliphatic hydroxyl groups is 1. The van der Waals surface area contributed by atoms with Gasteiger partial charge in [-0.05, 0) is 73.9 Å². The fourth-order valence-corrected chi connectivity index (χ4v) is 4.60. The highest BCUT2D eigenvalue weighted by Gasteiger charge is 2.40. The van der Waals surface area contributed by atoms with E-state index in [1.54, 1.807) is 0 Å². The smallest absolute Gasteiger partial charge is 0.170 e. The minimum absolute atomic E-state index is 0.0244. The Morgan fingerprint density at radius 2 is 1.93 bits per heavy atom. The zero-order chi connectivity index (χ0) is 21.1. The maximum Gasteiger partial charge on any atom is 0.170 e. The van der Waals surface area contributed by atoms with Gasteiger partial charge in [-0.25, -0.2) is 0 Å². The number of aryl methyl sites for hydroxylation is 1. The minimum Gasteiger partial charge on any atom is -0.396 e. The first kappa shape index (κ1) is 20.5. The summed E-state index contributed by atoms with van der Waals surface area (Å²) in [6.07, 6.45) is 6.15. The summed E-state index contributed by atoms with van der Waals surface area (Å²) in [5.74, 6) is 0. The molecule has 0 spiro atoms. The molecule has 3 aromatic heterocycles. The molecule has 3 aromatic rings. The van der Waals surface area contributed by atoms with Crippen molar-refractivity contribution in [2.75, 3.05) is 13.2 Å². The van der Waals surface area contributed by atoms with E-state index in [2.05, 4.69) is 56.8 Å². The summed E-state index contributed by atoms with van der Waals surface area (Å²) in [6.45, 7) is 5.96. The Bertz CT molecular complexity index is 1010. The molecule has 0 bridgehead atoms. The van der Waals surface area contributed by atoms with Crippen LogP contribution < -0.4 is 5.32 Å². The van der Waals surface area contributed by atoms with E-state index in [1.807, 2.05) is 36.8 Å². The predicted molar refractivity (Wildman–Crippen MR) is 121 cm³/mol. The number of rotatable bonds is 7. The molecule has 0 saturated carbocycles. The van der Waals surface area contributed by atoms with Gasteiger partial charge in [-0.2, -0.15) is 0 Å². The predicted octanol–water partition coefficient (Wildman–Crippen LogP) is 3.30. The Labute approximate surface area is 182 Å². The third-order valence-electron chi connectivity index (χ3n) is 5.78.